The molecule has 0 radical (unpaired) electrons. The van der Waals surface area contributed by atoms with Gasteiger partial charge < -0.3 is 4.74 Å². The summed E-state index contributed by atoms with van der Waals surface area (Å²) in [5, 5.41) is 2.10. The Morgan fingerprint density at radius 1 is 1.33 bits per heavy atom. The number of rotatable bonds is 1. The molecule has 4 nitrogen and oxygen atoms in total. The van der Waals surface area contributed by atoms with Crippen molar-refractivity contribution in [2.45, 2.75) is 6.42 Å². The Hall–Kier alpha value is -1.71. The largest absolute Gasteiger partial charge is 0.462 e. The molecular formula is C11H13N3O. The van der Waals surface area contributed by atoms with E-state index in [-0.39, 0.29) is 0 Å². The molecule has 3 rings (SSSR count). The van der Waals surface area contributed by atoms with Crippen LogP contribution in [0.4, 0.5) is 5.69 Å². The van der Waals surface area contributed by atoms with Gasteiger partial charge in [-0.1, -0.05) is 18.2 Å². The van der Waals surface area contributed by atoms with Crippen LogP contribution in [0.1, 0.15) is 5.56 Å². The Morgan fingerprint density at radius 2 is 2.27 bits per heavy atom. The maximum Gasteiger partial charge on any atom is 0.304 e. The van der Waals surface area contributed by atoms with Crippen LogP contribution >= 0.6 is 0 Å². The zero-order valence-corrected chi connectivity index (χ0v) is 8.44. The van der Waals surface area contributed by atoms with Gasteiger partial charge in [0.2, 0.25) is 0 Å². The molecule has 2 heterocycles. The van der Waals surface area contributed by atoms with E-state index in [0.29, 0.717) is 12.6 Å². The molecule has 4 heteroatoms. The highest BCUT2D eigenvalue weighted by Gasteiger charge is 2.20. The number of para-hydroxylation sites is 1. The topological polar surface area (TPSA) is 36.9 Å². The monoisotopic (exact) mass is 203 g/mol. The van der Waals surface area contributed by atoms with Crippen molar-refractivity contribution < 1.29 is 4.74 Å². The van der Waals surface area contributed by atoms with Crippen molar-refractivity contribution in [3.8, 4) is 0 Å². The number of hydrogen-bond acceptors (Lipinski definition) is 4. The minimum atomic E-state index is 0.645. The third kappa shape index (κ3) is 1.52. The van der Waals surface area contributed by atoms with Crippen molar-refractivity contribution in [1.29, 1.82) is 0 Å². The standard InChI is InChI=1S/C11H13N3O/c1-2-4-10-9(3-1)5-7-14(10)13-11-12-6-8-15-11/h1-4H,5-8H2,(H,12,13). The SMILES string of the molecule is c1ccc2c(c1)CCN2NC1=NCCO1. The number of benzene rings is 1. The van der Waals surface area contributed by atoms with Crippen LogP contribution in [0.15, 0.2) is 29.3 Å². The van der Waals surface area contributed by atoms with Crippen molar-refractivity contribution in [2.24, 2.45) is 4.99 Å². The van der Waals surface area contributed by atoms with Gasteiger partial charge in [0.15, 0.2) is 0 Å². The highest BCUT2D eigenvalue weighted by molar-refractivity contribution is 5.77. The van der Waals surface area contributed by atoms with Gasteiger partial charge in [-0.25, -0.2) is 4.99 Å². The van der Waals surface area contributed by atoms with E-state index in [9.17, 15) is 0 Å². The number of hydrazine groups is 1. The first-order valence-electron chi connectivity index (χ1n) is 5.23. The van der Waals surface area contributed by atoms with E-state index in [1.165, 1.54) is 11.3 Å². The molecule has 1 aromatic carbocycles. The highest BCUT2D eigenvalue weighted by Crippen LogP contribution is 2.25. The maximum atomic E-state index is 5.33. The molecule has 0 saturated carbocycles. The number of amidine groups is 1. The minimum absolute atomic E-state index is 0.645. The lowest BCUT2D eigenvalue weighted by atomic mass is 10.2. The van der Waals surface area contributed by atoms with E-state index >= 15 is 0 Å². The summed E-state index contributed by atoms with van der Waals surface area (Å²) in [7, 11) is 0. The van der Waals surface area contributed by atoms with Crippen molar-refractivity contribution in [3.63, 3.8) is 0 Å². The Bertz CT molecular complexity index is 403. The van der Waals surface area contributed by atoms with Gasteiger partial charge in [-0.15, -0.1) is 0 Å². The average molecular weight is 203 g/mol. The van der Waals surface area contributed by atoms with Gasteiger partial charge in [0, 0.05) is 6.54 Å². The second-order valence-corrected chi connectivity index (χ2v) is 3.68. The van der Waals surface area contributed by atoms with Crippen molar-refractivity contribution in [3.05, 3.63) is 29.8 Å². The van der Waals surface area contributed by atoms with Gasteiger partial charge in [-0.05, 0) is 18.1 Å². The second-order valence-electron chi connectivity index (χ2n) is 3.68. The molecular weight excluding hydrogens is 190 g/mol. The Labute approximate surface area is 88.5 Å². The molecule has 0 aliphatic carbocycles. The van der Waals surface area contributed by atoms with E-state index in [1.54, 1.807) is 0 Å². The number of nitrogens with zero attached hydrogens (tertiary/aromatic N) is 2. The van der Waals surface area contributed by atoms with E-state index in [1.807, 2.05) is 0 Å². The molecule has 78 valence electrons. The molecule has 2 aliphatic heterocycles. The molecule has 0 atom stereocenters. The highest BCUT2D eigenvalue weighted by atomic mass is 16.5. The fourth-order valence-corrected chi connectivity index (χ4v) is 1.97. The number of hydrogen-bond donors (Lipinski definition) is 1. The van der Waals surface area contributed by atoms with Gasteiger partial charge >= 0.3 is 6.02 Å². The van der Waals surface area contributed by atoms with Crippen LogP contribution in [0.5, 0.6) is 0 Å². The maximum absolute atomic E-state index is 5.33. The van der Waals surface area contributed by atoms with Crippen LogP contribution in [-0.2, 0) is 11.2 Å². The Balaban J connectivity index is 1.79. The van der Waals surface area contributed by atoms with Gasteiger partial charge in [0.25, 0.3) is 0 Å². The average Bonchev–Trinajstić information content (AvgIpc) is 2.89. The molecule has 0 spiro atoms. The van der Waals surface area contributed by atoms with Crippen molar-refractivity contribution >= 4 is 11.7 Å². The summed E-state index contributed by atoms with van der Waals surface area (Å²) in [6.45, 7) is 2.43. The molecule has 2 aliphatic rings. The van der Waals surface area contributed by atoms with Crippen LogP contribution in [0.25, 0.3) is 0 Å². The lowest BCUT2D eigenvalue weighted by Crippen LogP contribution is -2.41. The molecule has 0 bridgehead atoms. The summed E-state index contributed by atoms with van der Waals surface area (Å²) in [6.07, 6.45) is 1.08. The lowest BCUT2D eigenvalue weighted by Gasteiger charge is -2.20. The Morgan fingerprint density at radius 3 is 3.13 bits per heavy atom. The lowest BCUT2D eigenvalue weighted by molar-refractivity contribution is 0.330. The fourth-order valence-electron chi connectivity index (χ4n) is 1.97. The molecule has 15 heavy (non-hydrogen) atoms. The van der Waals surface area contributed by atoms with E-state index in [0.717, 1.165) is 19.5 Å². The normalized spacial score (nSPS) is 18.4. The van der Waals surface area contributed by atoms with Crippen LogP contribution < -0.4 is 10.4 Å². The van der Waals surface area contributed by atoms with Gasteiger partial charge in [0.05, 0.1) is 12.2 Å². The first-order chi connectivity index (χ1) is 7.43. The summed E-state index contributed by atoms with van der Waals surface area (Å²) >= 11 is 0. The predicted octanol–water partition coefficient (Wildman–Crippen LogP) is 0.940. The number of aliphatic imine (C=N–C) groups is 1. The molecule has 0 fully saturated rings. The summed E-state index contributed by atoms with van der Waals surface area (Å²) in [4.78, 5) is 4.21. The zero-order valence-electron chi connectivity index (χ0n) is 8.44. The van der Waals surface area contributed by atoms with Crippen LogP contribution in [0.2, 0.25) is 0 Å². The summed E-state index contributed by atoms with van der Waals surface area (Å²) < 4.78 is 5.33. The number of ether oxygens (including phenoxy) is 1. The summed E-state index contributed by atoms with van der Waals surface area (Å²) in [5.41, 5.74) is 5.81. The summed E-state index contributed by atoms with van der Waals surface area (Å²) in [6, 6.07) is 9.05. The molecule has 0 amide bonds. The minimum Gasteiger partial charge on any atom is -0.462 e. The van der Waals surface area contributed by atoms with E-state index in [2.05, 4.69) is 39.7 Å². The van der Waals surface area contributed by atoms with Crippen molar-refractivity contribution in [2.75, 3.05) is 24.7 Å². The van der Waals surface area contributed by atoms with Gasteiger partial charge in [0.1, 0.15) is 6.61 Å². The molecule has 1 N–H and O–H groups in total. The van der Waals surface area contributed by atoms with E-state index < -0.39 is 0 Å². The summed E-state index contributed by atoms with van der Waals surface area (Å²) in [5.74, 6) is 0. The first kappa shape index (κ1) is 8.59. The second kappa shape index (κ2) is 3.46. The van der Waals surface area contributed by atoms with Gasteiger partial charge in [-0.2, -0.15) is 0 Å². The molecule has 0 unspecified atom stereocenters. The number of fused-ring (bicyclic) bond motifs is 1. The number of nitrogens with one attached hydrogen (secondary N) is 1. The predicted molar refractivity (Wildman–Crippen MR) is 58.9 cm³/mol. The Kier molecular flexibility index (Phi) is 1.98. The van der Waals surface area contributed by atoms with Crippen LogP contribution in [0.3, 0.4) is 0 Å². The van der Waals surface area contributed by atoms with E-state index in [4.69, 9.17) is 4.74 Å². The number of anilines is 1. The molecule has 1 aromatic rings. The fraction of sp³-hybridized carbons (Fsp3) is 0.364. The van der Waals surface area contributed by atoms with Crippen molar-refractivity contribution in [1.82, 2.24) is 5.43 Å². The third-order valence-electron chi connectivity index (χ3n) is 2.70. The van der Waals surface area contributed by atoms with Crippen LogP contribution in [-0.4, -0.2) is 25.7 Å². The zero-order chi connectivity index (χ0) is 10.1. The molecule has 0 saturated heterocycles. The smallest absolute Gasteiger partial charge is 0.304 e. The molecule has 0 aromatic heterocycles. The first-order valence-corrected chi connectivity index (χ1v) is 5.23. The van der Waals surface area contributed by atoms with Crippen LogP contribution in [0, 0.1) is 0 Å². The third-order valence-corrected chi connectivity index (χ3v) is 2.70. The van der Waals surface area contributed by atoms with Gasteiger partial charge in [-0.3, -0.25) is 10.4 Å². The quantitative estimate of drug-likeness (QED) is 0.738.